The summed E-state index contributed by atoms with van der Waals surface area (Å²) >= 11 is 0. The average Bonchev–Trinajstić information content (AvgIpc) is 3.66. The zero-order chi connectivity index (χ0) is 27.3. The molecule has 206 valence electrons. The van der Waals surface area contributed by atoms with Gasteiger partial charge in [0.25, 0.3) is 0 Å². The van der Waals surface area contributed by atoms with Gasteiger partial charge in [0.1, 0.15) is 11.9 Å². The quantitative estimate of drug-likeness (QED) is 0.378. The summed E-state index contributed by atoms with van der Waals surface area (Å²) in [5, 5.41) is 17.6. The van der Waals surface area contributed by atoms with E-state index in [0.29, 0.717) is 34.1 Å². The Bertz CT molecular complexity index is 1530. The molecule has 10 heteroatoms. The van der Waals surface area contributed by atoms with Gasteiger partial charge in [0.05, 0.1) is 40.3 Å². The highest BCUT2D eigenvalue weighted by Gasteiger charge is 2.34. The fourth-order valence-corrected chi connectivity index (χ4v) is 5.86. The lowest BCUT2D eigenvalue weighted by molar-refractivity contribution is 0.0923. The van der Waals surface area contributed by atoms with Crippen LogP contribution in [0.1, 0.15) is 63.9 Å². The number of aromatic amines is 1. The molecule has 39 heavy (non-hydrogen) atoms. The fourth-order valence-electron chi connectivity index (χ4n) is 5.86. The van der Waals surface area contributed by atoms with E-state index >= 15 is 4.39 Å². The van der Waals surface area contributed by atoms with E-state index in [-0.39, 0.29) is 24.1 Å². The highest BCUT2D eigenvalue weighted by Crippen LogP contribution is 2.37. The third-order valence-electron chi connectivity index (χ3n) is 7.72. The molecule has 0 aliphatic carbocycles. The maximum absolute atomic E-state index is 15.4. The largest absolute Gasteiger partial charge is 0.473 e. The van der Waals surface area contributed by atoms with Gasteiger partial charge in [0, 0.05) is 43.2 Å². The number of H-pyrrole nitrogens is 1. The predicted molar refractivity (Wildman–Crippen MR) is 149 cm³/mol. The molecule has 2 aliphatic heterocycles. The van der Waals surface area contributed by atoms with Crippen LogP contribution in [0.15, 0.2) is 18.3 Å². The maximum atomic E-state index is 15.4. The van der Waals surface area contributed by atoms with Crippen LogP contribution in [0.5, 0.6) is 11.8 Å². The summed E-state index contributed by atoms with van der Waals surface area (Å²) in [7, 11) is 1.83. The van der Waals surface area contributed by atoms with Gasteiger partial charge in [-0.2, -0.15) is 10.2 Å². The van der Waals surface area contributed by atoms with Gasteiger partial charge in [0.2, 0.25) is 11.8 Å². The third-order valence-corrected chi connectivity index (χ3v) is 7.72. The zero-order valence-corrected chi connectivity index (χ0v) is 23.2. The Labute approximate surface area is 227 Å². The summed E-state index contributed by atoms with van der Waals surface area (Å²) in [5.41, 5.74) is 4.48. The van der Waals surface area contributed by atoms with Crippen LogP contribution in [0.4, 0.5) is 4.39 Å². The average molecular weight is 534 g/mol. The third kappa shape index (κ3) is 4.60. The van der Waals surface area contributed by atoms with Crippen LogP contribution < -0.4 is 9.47 Å². The monoisotopic (exact) mass is 533 g/mol. The Hall–Kier alpha value is -3.66. The molecule has 1 saturated heterocycles. The predicted octanol–water partition coefficient (Wildman–Crippen LogP) is 5.41. The fraction of sp³-hybridized carbons (Fsp3) is 0.483. The maximum Gasteiger partial charge on any atom is 0.240 e. The van der Waals surface area contributed by atoms with E-state index in [1.54, 1.807) is 10.9 Å². The molecule has 0 radical (unpaired) electrons. The Morgan fingerprint density at radius 3 is 2.87 bits per heavy atom. The number of nitrogens with zero attached hydrogens (tertiary/aromatic N) is 6. The second kappa shape index (κ2) is 10.1. The van der Waals surface area contributed by atoms with Gasteiger partial charge < -0.3 is 9.47 Å². The van der Waals surface area contributed by atoms with Crippen LogP contribution in [0.2, 0.25) is 0 Å². The van der Waals surface area contributed by atoms with E-state index in [9.17, 15) is 0 Å². The van der Waals surface area contributed by atoms with Crippen LogP contribution in [-0.2, 0) is 20.1 Å². The van der Waals surface area contributed by atoms with Gasteiger partial charge in [-0.15, -0.1) is 5.10 Å². The molecule has 2 aliphatic rings. The molecule has 1 unspecified atom stereocenters. The first-order chi connectivity index (χ1) is 18.8. The summed E-state index contributed by atoms with van der Waals surface area (Å²) in [6.07, 6.45) is 8.62. The van der Waals surface area contributed by atoms with Crippen molar-refractivity contribution < 1.29 is 13.9 Å². The zero-order valence-electron chi connectivity index (χ0n) is 23.2. The SMILES string of the molecule is CCCn1nc(OC(C)C)c2c1CN1CCCC1[C@@H](C)Oc1c(cnn1C)-c1cc3c(n[nH]c3cc1F)/C=C/2. The van der Waals surface area contributed by atoms with E-state index in [2.05, 4.69) is 38.7 Å². The Balaban J connectivity index is 1.57. The van der Waals surface area contributed by atoms with Gasteiger partial charge in [0.15, 0.2) is 0 Å². The lowest BCUT2D eigenvalue weighted by atomic mass is 10.0. The van der Waals surface area contributed by atoms with Gasteiger partial charge in [-0.3, -0.25) is 14.7 Å². The summed E-state index contributed by atoms with van der Waals surface area (Å²) < 4.78 is 32.0. The Morgan fingerprint density at radius 1 is 1.23 bits per heavy atom. The van der Waals surface area contributed by atoms with Gasteiger partial charge in [-0.05, 0) is 64.8 Å². The molecule has 5 heterocycles. The van der Waals surface area contributed by atoms with Crippen molar-refractivity contribution in [2.75, 3.05) is 6.54 Å². The van der Waals surface area contributed by atoms with Gasteiger partial charge in [-0.1, -0.05) is 6.92 Å². The first-order valence-corrected chi connectivity index (χ1v) is 13.9. The van der Waals surface area contributed by atoms with E-state index in [4.69, 9.17) is 14.6 Å². The number of aromatic nitrogens is 6. The van der Waals surface area contributed by atoms with Crippen molar-refractivity contribution in [3.05, 3.63) is 41.1 Å². The second-order valence-corrected chi connectivity index (χ2v) is 10.9. The first-order valence-electron chi connectivity index (χ1n) is 13.9. The summed E-state index contributed by atoms with van der Waals surface area (Å²) in [6.45, 7) is 10.8. The molecule has 0 saturated carbocycles. The molecule has 1 N–H and O–H groups in total. The highest BCUT2D eigenvalue weighted by molar-refractivity contribution is 5.93. The number of halogens is 1. The molecule has 3 aromatic heterocycles. The summed E-state index contributed by atoms with van der Waals surface area (Å²) in [5.74, 6) is 0.834. The van der Waals surface area contributed by atoms with Crippen LogP contribution >= 0.6 is 0 Å². The van der Waals surface area contributed by atoms with E-state index in [1.807, 2.05) is 39.1 Å². The highest BCUT2D eigenvalue weighted by atomic mass is 19.1. The van der Waals surface area contributed by atoms with Crippen molar-refractivity contribution in [1.82, 2.24) is 34.7 Å². The molecule has 4 aromatic rings. The van der Waals surface area contributed by atoms with Crippen molar-refractivity contribution >= 4 is 23.1 Å². The van der Waals surface area contributed by atoms with Crippen LogP contribution in [0, 0.1) is 5.82 Å². The van der Waals surface area contributed by atoms with Crippen LogP contribution in [0.3, 0.4) is 0 Å². The number of hydrogen-bond donors (Lipinski definition) is 1. The Kier molecular flexibility index (Phi) is 6.66. The molecule has 1 fully saturated rings. The Morgan fingerprint density at radius 2 is 2.08 bits per heavy atom. The molecule has 0 spiro atoms. The molecule has 2 atom stereocenters. The van der Waals surface area contributed by atoms with E-state index < -0.39 is 0 Å². The summed E-state index contributed by atoms with van der Waals surface area (Å²) in [4.78, 5) is 2.48. The van der Waals surface area contributed by atoms with Gasteiger partial charge >= 0.3 is 0 Å². The number of ether oxygens (including phenoxy) is 2. The first kappa shape index (κ1) is 25.6. The number of hydrogen-bond acceptors (Lipinski definition) is 6. The van der Waals surface area contributed by atoms with Crippen LogP contribution in [0.25, 0.3) is 34.2 Å². The molecule has 2 bridgehead atoms. The lowest BCUT2D eigenvalue weighted by Crippen LogP contribution is -2.40. The minimum absolute atomic E-state index is 0.0131. The van der Waals surface area contributed by atoms with Crippen molar-refractivity contribution in [2.24, 2.45) is 7.05 Å². The number of aryl methyl sites for hydroxylation is 2. The molecular weight excluding hydrogens is 497 g/mol. The van der Waals surface area contributed by atoms with Crippen molar-refractivity contribution in [3.63, 3.8) is 0 Å². The molecule has 9 nitrogen and oxygen atoms in total. The van der Waals surface area contributed by atoms with Crippen molar-refractivity contribution in [2.45, 2.75) is 78.3 Å². The van der Waals surface area contributed by atoms with Crippen LogP contribution in [-0.4, -0.2) is 59.5 Å². The molecule has 0 amide bonds. The molecule has 6 rings (SSSR count). The topological polar surface area (TPSA) is 86.0 Å². The van der Waals surface area contributed by atoms with Crippen molar-refractivity contribution in [3.8, 4) is 22.9 Å². The molecule has 1 aromatic carbocycles. The van der Waals surface area contributed by atoms with E-state index in [1.165, 1.54) is 6.07 Å². The lowest BCUT2D eigenvalue weighted by Gasteiger charge is -2.30. The molecular formula is C29H36FN7O2. The summed E-state index contributed by atoms with van der Waals surface area (Å²) in [6, 6.07) is 3.51. The second-order valence-electron chi connectivity index (χ2n) is 10.9. The van der Waals surface area contributed by atoms with Crippen molar-refractivity contribution in [1.29, 1.82) is 0 Å². The minimum Gasteiger partial charge on any atom is -0.473 e. The number of fused-ring (bicyclic) bond motifs is 5. The standard InChI is InChI=1S/C29H36FN7O2/c1-6-11-37-27-16-36-12-7-8-26(36)18(4)39-29-22(15-31-35(29)5)20-13-21-24(32-33-25(21)14-23(20)30)10-9-19(27)28(34-37)38-17(2)3/h9-10,13-15,17-18,26H,6-8,11-12,16H2,1-5H3,(H,32,33)/b10-9+/t18-,26?/m1/s1. The minimum atomic E-state index is -0.352. The van der Waals surface area contributed by atoms with Gasteiger partial charge in [-0.25, -0.2) is 9.07 Å². The number of nitrogens with one attached hydrogen (secondary N) is 1. The van der Waals surface area contributed by atoms with E-state index in [0.717, 1.165) is 55.5 Å². The number of rotatable bonds is 4. The normalized spacial score (nSPS) is 20.4. The smallest absolute Gasteiger partial charge is 0.240 e. The number of benzene rings is 1.